The quantitative estimate of drug-likeness (QED) is 0.767. The van der Waals surface area contributed by atoms with Crippen molar-refractivity contribution in [3.05, 3.63) is 33.0 Å². The molecule has 0 saturated heterocycles. The predicted octanol–water partition coefficient (Wildman–Crippen LogP) is 5.19. The van der Waals surface area contributed by atoms with Gasteiger partial charge in [0, 0.05) is 27.0 Å². The fourth-order valence-corrected chi connectivity index (χ4v) is 2.95. The Morgan fingerprint density at radius 2 is 1.95 bits per heavy atom. The normalized spacial score (nSPS) is 11.3. The lowest BCUT2D eigenvalue weighted by molar-refractivity contribution is 0.571. The number of anilines is 1. The molecule has 108 valence electrons. The van der Waals surface area contributed by atoms with Gasteiger partial charge in [-0.15, -0.1) is 0 Å². The Kier molecular flexibility index (Phi) is 4.91. The van der Waals surface area contributed by atoms with Crippen LogP contribution in [0.2, 0.25) is 0 Å². The summed E-state index contributed by atoms with van der Waals surface area (Å²) in [5, 5.41) is 0. The molecule has 2 N–H and O–H groups in total. The van der Waals surface area contributed by atoms with Crippen LogP contribution in [0.5, 0.6) is 0 Å². The summed E-state index contributed by atoms with van der Waals surface area (Å²) in [6.45, 7) is 6.43. The molecule has 0 radical (unpaired) electrons. The van der Waals surface area contributed by atoms with Gasteiger partial charge in [0.1, 0.15) is 17.3 Å². The maximum absolute atomic E-state index is 6.33. The smallest absolute Gasteiger partial charge is 0.131 e. The minimum absolute atomic E-state index is 0.316. The Labute approximate surface area is 136 Å². The van der Waals surface area contributed by atoms with Gasteiger partial charge in [-0.3, -0.25) is 0 Å². The van der Waals surface area contributed by atoms with Crippen LogP contribution in [-0.4, -0.2) is 9.55 Å². The molecule has 0 aliphatic carbocycles. The van der Waals surface area contributed by atoms with Crippen LogP contribution in [0.1, 0.15) is 39.1 Å². The molecule has 0 aliphatic rings. The van der Waals surface area contributed by atoms with Crippen molar-refractivity contribution in [2.45, 2.75) is 39.7 Å². The van der Waals surface area contributed by atoms with E-state index in [-0.39, 0.29) is 0 Å². The first-order valence-corrected chi connectivity index (χ1v) is 8.36. The van der Waals surface area contributed by atoms with Crippen LogP contribution in [0.15, 0.2) is 27.1 Å². The van der Waals surface area contributed by atoms with E-state index in [4.69, 9.17) is 10.7 Å². The molecule has 1 aromatic carbocycles. The molecule has 0 fully saturated rings. The topological polar surface area (TPSA) is 43.8 Å². The average molecular weight is 401 g/mol. The predicted molar refractivity (Wildman–Crippen MR) is 91.9 cm³/mol. The Morgan fingerprint density at radius 1 is 1.25 bits per heavy atom. The van der Waals surface area contributed by atoms with E-state index in [0.29, 0.717) is 6.04 Å². The number of nitrogens with two attached hydrogens (primary N) is 1. The fourth-order valence-electron chi connectivity index (χ4n) is 2.33. The highest BCUT2D eigenvalue weighted by Gasteiger charge is 2.18. The van der Waals surface area contributed by atoms with Crippen molar-refractivity contribution < 1.29 is 0 Å². The molecular formula is C15H19Br2N3. The Morgan fingerprint density at radius 3 is 2.50 bits per heavy atom. The van der Waals surface area contributed by atoms with Crippen LogP contribution in [0.4, 0.5) is 5.82 Å². The van der Waals surface area contributed by atoms with Crippen molar-refractivity contribution in [2.24, 2.45) is 0 Å². The number of imidazole rings is 1. The monoisotopic (exact) mass is 399 g/mol. The van der Waals surface area contributed by atoms with E-state index in [9.17, 15) is 0 Å². The van der Waals surface area contributed by atoms with Crippen molar-refractivity contribution in [1.82, 2.24) is 9.55 Å². The Bertz CT molecular complexity index is 618. The molecule has 0 atom stereocenters. The van der Waals surface area contributed by atoms with Gasteiger partial charge < -0.3 is 10.3 Å². The number of aryl methyl sites for hydroxylation is 1. The van der Waals surface area contributed by atoms with Gasteiger partial charge in [0.15, 0.2) is 0 Å². The lowest BCUT2D eigenvalue weighted by Gasteiger charge is -2.13. The molecule has 20 heavy (non-hydrogen) atoms. The summed E-state index contributed by atoms with van der Waals surface area (Å²) in [7, 11) is 0. The first-order chi connectivity index (χ1) is 9.45. The molecule has 0 amide bonds. The van der Waals surface area contributed by atoms with E-state index in [0.717, 1.165) is 44.7 Å². The summed E-state index contributed by atoms with van der Waals surface area (Å²) >= 11 is 7.02. The lowest BCUT2D eigenvalue weighted by atomic mass is 10.1. The zero-order chi connectivity index (χ0) is 14.9. The fraction of sp³-hybridized carbons (Fsp3) is 0.400. The van der Waals surface area contributed by atoms with E-state index in [1.54, 1.807) is 0 Å². The molecule has 3 nitrogen and oxygen atoms in total. The molecule has 0 spiro atoms. The van der Waals surface area contributed by atoms with Crippen molar-refractivity contribution in [3.8, 4) is 11.3 Å². The van der Waals surface area contributed by atoms with Gasteiger partial charge in [0.25, 0.3) is 0 Å². The third-order valence-corrected chi connectivity index (χ3v) is 5.08. The molecule has 0 unspecified atom stereocenters. The maximum atomic E-state index is 6.33. The maximum Gasteiger partial charge on any atom is 0.131 e. The van der Waals surface area contributed by atoms with Crippen LogP contribution in [0.3, 0.4) is 0 Å². The van der Waals surface area contributed by atoms with Crippen molar-refractivity contribution in [2.75, 3.05) is 5.73 Å². The second-order valence-corrected chi connectivity index (χ2v) is 6.81. The van der Waals surface area contributed by atoms with E-state index < -0.39 is 0 Å². The van der Waals surface area contributed by atoms with Crippen LogP contribution >= 0.6 is 31.9 Å². The zero-order valence-corrected chi connectivity index (χ0v) is 15.1. The highest BCUT2D eigenvalue weighted by atomic mass is 79.9. The summed E-state index contributed by atoms with van der Waals surface area (Å²) in [6.07, 6.45) is 2.01. The number of aromatic nitrogens is 2. The van der Waals surface area contributed by atoms with E-state index in [1.165, 1.54) is 0 Å². The van der Waals surface area contributed by atoms with Gasteiger partial charge in [-0.1, -0.05) is 13.0 Å². The highest BCUT2D eigenvalue weighted by Crippen LogP contribution is 2.33. The molecule has 1 heterocycles. The Balaban J connectivity index is 2.56. The largest absolute Gasteiger partial charge is 0.383 e. The number of nitrogens with zero attached hydrogens (tertiary/aromatic N) is 2. The molecule has 5 heteroatoms. The van der Waals surface area contributed by atoms with Gasteiger partial charge in [-0.25, -0.2) is 4.98 Å². The minimum atomic E-state index is 0.316. The second-order valence-electron chi connectivity index (χ2n) is 5.10. The van der Waals surface area contributed by atoms with Crippen LogP contribution in [0, 0.1) is 0 Å². The zero-order valence-electron chi connectivity index (χ0n) is 12.0. The van der Waals surface area contributed by atoms with Gasteiger partial charge in [0.05, 0.1) is 0 Å². The lowest BCUT2D eigenvalue weighted by Crippen LogP contribution is -2.09. The van der Waals surface area contributed by atoms with Crippen molar-refractivity contribution >= 4 is 37.7 Å². The highest BCUT2D eigenvalue weighted by molar-refractivity contribution is 9.13. The van der Waals surface area contributed by atoms with Crippen LogP contribution < -0.4 is 5.73 Å². The number of benzene rings is 1. The SMILES string of the molecule is CCCc1nc(-c2ccc(Br)c(Br)c2)c(N)n1C(C)C. The summed E-state index contributed by atoms with van der Waals surface area (Å²) in [4.78, 5) is 4.76. The van der Waals surface area contributed by atoms with E-state index >= 15 is 0 Å². The summed E-state index contributed by atoms with van der Waals surface area (Å²) in [6, 6.07) is 6.40. The van der Waals surface area contributed by atoms with Crippen LogP contribution in [-0.2, 0) is 6.42 Å². The molecular weight excluding hydrogens is 382 g/mol. The first kappa shape index (κ1) is 15.6. The second kappa shape index (κ2) is 6.31. The van der Waals surface area contributed by atoms with E-state index in [1.807, 2.05) is 18.2 Å². The standard InChI is InChI=1S/C15H19Br2N3/c1-4-5-13-19-14(15(18)20(13)9(2)3)10-6-7-11(16)12(17)8-10/h6-9H,4-5,18H2,1-3H3. The number of hydrogen-bond donors (Lipinski definition) is 1. The van der Waals surface area contributed by atoms with Gasteiger partial charge >= 0.3 is 0 Å². The third-order valence-electron chi connectivity index (χ3n) is 3.20. The molecule has 1 aromatic heterocycles. The molecule has 2 rings (SSSR count). The minimum Gasteiger partial charge on any atom is -0.383 e. The van der Waals surface area contributed by atoms with Gasteiger partial charge in [-0.05, 0) is 64.3 Å². The summed E-state index contributed by atoms with van der Waals surface area (Å²) < 4.78 is 4.16. The molecule has 0 aliphatic heterocycles. The first-order valence-electron chi connectivity index (χ1n) is 6.77. The van der Waals surface area contributed by atoms with Gasteiger partial charge in [0.2, 0.25) is 0 Å². The van der Waals surface area contributed by atoms with E-state index in [2.05, 4.69) is 57.2 Å². The van der Waals surface area contributed by atoms with Gasteiger partial charge in [-0.2, -0.15) is 0 Å². The number of halogens is 2. The third kappa shape index (κ3) is 2.93. The Hall–Kier alpha value is -0.810. The van der Waals surface area contributed by atoms with Crippen molar-refractivity contribution in [3.63, 3.8) is 0 Å². The number of nitrogen functional groups attached to an aromatic ring is 1. The summed E-state index contributed by atoms with van der Waals surface area (Å²) in [5.74, 6) is 1.81. The van der Waals surface area contributed by atoms with Crippen molar-refractivity contribution in [1.29, 1.82) is 0 Å². The number of hydrogen-bond acceptors (Lipinski definition) is 2. The average Bonchev–Trinajstić information content (AvgIpc) is 2.70. The summed E-state index contributed by atoms with van der Waals surface area (Å²) in [5.41, 5.74) is 8.24. The molecule has 0 saturated carbocycles. The van der Waals surface area contributed by atoms with Crippen LogP contribution in [0.25, 0.3) is 11.3 Å². The number of rotatable bonds is 4. The molecule has 0 bridgehead atoms. The molecule has 2 aromatic rings.